The van der Waals surface area contributed by atoms with Gasteiger partial charge in [-0.05, 0) is 43.2 Å². The third-order valence-corrected chi connectivity index (χ3v) is 4.68. The van der Waals surface area contributed by atoms with Crippen LogP contribution in [0, 0.1) is 25.2 Å². The van der Waals surface area contributed by atoms with Gasteiger partial charge in [0.25, 0.3) is 0 Å². The van der Waals surface area contributed by atoms with Crippen LogP contribution in [0.15, 0.2) is 34.8 Å². The monoisotopic (exact) mass is 360 g/mol. The fourth-order valence-electron chi connectivity index (χ4n) is 1.75. The van der Waals surface area contributed by atoms with Crippen molar-refractivity contribution in [3.05, 3.63) is 56.4 Å². The number of benzene rings is 1. The summed E-state index contributed by atoms with van der Waals surface area (Å²) >= 11 is 4.79. The molecule has 5 heteroatoms. The third kappa shape index (κ3) is 3.81. The minimum atomic E-state index is -0.240. The van der Waals surface area contributed by atoms with Crippen molar-refractivity contribution in [3.8, 4) is 6.07 Å². The number of hydrogen-bond acceptors (Lipinski definition) is 3. The average molecular weight is 361 g/mol. The molecule has 0 radical (unpaired) electrons. The SMILES string of the molecule is Cc1sc(NC(=O)/C=C\c2ccc(Br)cc2)c(C#N)c1C. The van der Waals surface area contributed by atoms with Crippen LogP contribution in [0.1, 0.15) is 21.6 Å². The Bertz CT molecular complexity index is 739. The van der Waals surface area contributed by atoms with Gasteiger partial charge in [-0.3, -0.25) is 4.79 Å². The molecule has 2 aromatic rings. The summed E-state index contributed by atoms with van der Waals surface area (Å²) in [5.74, 6) is -0.240. The predicted molar refractivity (Wildman–Crippen MR) is 90.3 cm³/mol. The molecular formula is C16H13BrN2OS. The van der Waals surface area contributed by atoms with Crippen LogP contribution in [0.2, 0.25) is 0 Å². The average Bonchev–Trinajstić information content (AvgIpc) is 2.72. The largest absolute Gasteiger partial charge is 0.313 e. The van der Waals surface area contributed by atoms with E-state index in [1.165, 1.54) is 17.4 Å². The van der Waals surface area contributed by atoms with Crippen LogP contribution in [0.4, 0.5) is 5.00 Å². The van der Waals surface area contributed by atoms with Crippen molar-refractivity contribution in [2.24, 2.45) is 0 Å². The van der Waals surface area contributed by atoms with Gasteiger partial charge in [-0.1, -0.05) is 28.1 Å². The van der Waals surface area contributed by atoms with Crippen molar-refractivity contribution in [2.45, 2.75) is 13.8 Å². The summed E-state index contributed by atoms with van der Waals surface area (Å²) in [7, 11) is 0. The lowest BCUT2D eigenvalue weighted by molar-refractivity contribution is -0.111. The van der Waals surface area contributed by atoms with Gasteiger partial charge in [-0.25, -0.2) is 0 Å². The van der Waals surface area contributed by atoms with E-state index in [0.29, 0.717) is 10.6 Å². The first-order valence-electron chi connectivity index (χ1n) is 6.26. The number of amides is 1. The Morgan fingerprint density at radius 1 is 1.33 bits per heavy atom. The lowest BCUT2D eigenvalue weighted by Gasteiger charge is -1.99. The molecule has 0 bridgehead atoms. The Balaban J connectivity index is 2.10. The quantitative estimate of drug-likeness (QED) is 0.809. The summed E-state index contributed by atoms with van der Waals surface area (Å²) in [4.78, 5) is 13.0. The van der Waals surface area contributed by atoms with E-state index in [2.05, 4.69) is 27.3 Å². The maximum absolute atomic E-state index is 11.9. The molecule has 0 spiro atoms. The number of hydrogen-bond donors (Lipinski definition) is 1. The Kier molecular flexibility index (Phi) is 4.94. The maximum atomic E-state index is 11.9. The van der Waals surface area contributed by atoms with Crippen molar-refractivity contribution >= 4 is 44.3 Å². The number of nitrogens with zero attached hydrogens (tertiary/aromatic N) is 1. The Labute approximate surface area is 136 Å². The number of rotatable bonds is 3. The molecule has 0 unspecified atom stereocenters. The van der Waals surface area contributed by atoms with Gasteiger partial charge in [0.1, 0.15) is 11.1 Å². The zero-order chi connectivity index (χ0) is 15.4. The van der Waals surface area contributed by atoms with Gasteiger partial charge >= 0.3 is 0 Å². The van der Waals surface area contributed by atoms with Crippen LogP contribution < -0.4 is 5.32 Å². The van der Waals surface area contributed by atoms with E-state index in [-0.39, 0.29) is 5.91 Å². The van der Waals surface area contributed by atoms with E-state index >= 15 is 0 Å². The molecular weight excluding hydrogens is 348 g/mol. The van der Waals surface area contributed by atoms with Crippen LogP contribution in [0.3, 0.4) is 0 Å². The first-order valence-corrected chi connectivity index (χ1v) is 7.87. The molecule has 21 heavy (non-hydrogen) atoms. The van der Waals surface area contributed by atoms with Crippen LogP contribution >= 0.6 is 27.3 Å². The highest BCUT2D eigenvalue weighted by molar-refractivity contribution is 9.10. The summed E-state index contributed by atoms with van der Waals surface area (Å²) in [6, 6.07) is 9.79. The summed E-state index contributed by atoms with van der Waals surface area (Å²) in [6.45, 7) is 3.83. The first kappa shape index (κ1) is 15.5. The van der Waals surface area contributed by atoms with E-state index < -0.39 is 0 Å². The van der Waals surface area contributed by atoms with Crippen molar-refractivity contribution in [2.75, 3.05) is 5.32 Å². The van der Waals surface area contributed by atoms with Gasteiger partial charge in [0.2, 0.25) is 5.91 Å². The van der Waals surface area contributed by atoms with Crippen molar-refractivity contribution in [3.63, 3.8) is 0 Å². The Morgan fingerprint density at radius 3 is 2.62 bits per heavy atom. The molecule has 1 aromatic carbocycles. The summed E-state index contributed by atoms with van der Waals surface area (Å²) < 4.78 is 0.993. The predicted octanol–water partition coefficient (Wildman–Crippen LogP) is 4.65. The van der Waals surface area contributed by atoms with Crippen LogP contribution in [-0.2, 0) is 4.79 Å². The minimum Gasteiger partial charge on any atom is -0.313 e. The van der Waals surface area contributed by atoms with Crippen LogP contribution in [0.5, 0.6) is 0 Å². The molecule has 0 aliphatic heterocycles. The molecule has 0 fully saturated rings. The van der Waals surface area contributed by atoms with Crippen molar-refractivity contribution in [1.82, 2.24) is 0 Å². The molecule has 1 amide bonds. The Morgan fingerprint density at radius 2 is 2.00 bits per heavy atom. The first-order chi connectivity index (χ1) is 10.0. The lowest BCUT2D eigenvalue weighted by Crippen LogP contribution is -2.07. The highest BCUT2D eigenvalue weighted by Gasteiger charge is 2.13. The third-order valence-electron chi connectivity index (χ3n) is 3.03. The summed E-state index contributed by atoms with van der Waals surface area (Å²) in [5.41, 5.74) is 2.41. The van der Waals surface area contributed by atoms with Gasteiger partial charge in [0, 0.05) is 15.4 Å². The molecule has 2 rings (SSSR count). The van der Waals surface area contributed by atoms with E-state index in [1.807, 2.05) is 38.1 Å². The molecule has 0 saturated carbocycles. The second-order valence-corrected chi connectivity index (χ2v) is 6.61. The number of halogens is 1. The normalized spacial score (nSPS) is 10.6. The van der Waals surface area contributed by atoms with E-state index in [4.69, 9.17) is 5.26 Å². The summed E-state index contributed by atoms with van der Waals surface area (Å²) in [6.07, 6.45) is 3.20. The molecule has 0 saturated heterocycles. The van der Waals surface area contributed by atoms with Gasteiger partial charge in [0.15, 0.2) is 0 Å². The zero-order valence-corrected chi connectivity index (χ0v) is 14.0. The number of thiophene rings is 1. The standard InChI is InChI=1S/C16H13BrN2OS/c1-10-11(2)21-16(14(10)9-18)19-15(20)8-5-12-3-6-13(17)7-4-12/h3-8H,1-2H3,(H,19,20)/b8-5-. The topological polar surface area (TPSA) is 52.9 Å². The molecule has 0 atom stereocenters. The van der Waals surface area contributed by atoms with E-state index in [1.54, 1.807) is 6.08 Å². The van der Waals surface area contributed by atoms with Crippen LogP contribution in [0.25, 0.3) is 6.08 Å². The van der Waals surface area contributed by atoms with Crippen molar-refractivity contribution < 1.29 is 4.79 Å². The molecule has 1 N–H and O–H groups in total. The number of carbonyl (C=O) groups is 1. The number of aryl methyl sites for hydroxylation is 1. The smallest absolute Gasteiger partial charge is 0.249 e. The molecule has 0 aliphatic rings. The second kappa shape index (κ2) is 6.70. The maximum Gasteiger partial charge on any atom is 0.249 e. The van der Waals surface area contributed by atoms with Gasteiger partial charge in [-0.2, -0.15) is 5.26 Å². The molecule has 106 valence electrons. The number of nitrogens with one attached hydrogen (secondary N) is 1. The van der Waals surface area contributed by atoms with E-state index in [9.17, 15) is 4.79 Å². The number of nitriles is 1. The molecule has 1 heterocycles. The number of anilines is 1. The molecule has 0 aliphatic carbocycles. The fraction of sp³-hybridized carbons (Fsp3) is 0.125. The van der Waals surface area contributed by atoms with Gasteiger partial charge in [-0.15, -0.1) is 11.3 Å². The van der Waals surface area contributed by atoms with Crippen molar-refractivity contribution in [1.29, 1.82) is 5.26 Å². The lowest BCUT2D eigenvalue weighted by atomic mass is 10.2. The van der Waals surface area contributed by atoms with Gasteiger partial charge < -0.3 is 5.32 Å². The second-order valence-electron chi connectivity index (χ2n) is 4.47. The minimum absolute atomic E-state index is 0.240. The Hall–Kier alpha value is -1.90. The fourth-order valence-corrected chi connectivity index (χ4v) is 3.03. The number of carbonyl (C=O) groups excluding carboxylic acids is 1. The van der Waals surface area contributed by atoms with Crippen LogP contribution in [-0.4, -0.2) is 5.91 Å². The van der Waals surface area contributed by atoms with Gasteiger partial charge in [0.05, 0.1) is 5.56 Å². The molecule has 1 aromatic heterocycles. The highest BCUT2D eigenvalue weighted by Crippen LogP contribution is 2.31. The zero-order valence-electron chi connectivity index (χ0n) is 11.6. The van der Waals surface area contributed by atoms with E-state index in [0.717, 1.165) is 20.5 Å². The highest BCUT2D eigenvalue weighted by atomic mass is 79.9. The molecule has 3 nitrogen and oxygen atoms in total. The summed E-state index contributed by atoms with van der Waals surface area (Å²) in [5, 5.41) is 12.5.